The van der Waals surface area contributed by atoms with E-state index in [2.05, 4.69) is 24.5 Å². The standard InChI is InChI=1S/C21H20Cl2N2O2/c1-21(2)9-15-18(17(27)10-21)19(11-6-12(22)8-13(23)7-11)24-14-4-3-5-16(26)20(14)25-15/h3-8,19,24-26H,9-10H2,1-2H3. The molecule has 4 rings (SSSR count). The van der Waals surface area contributed by atoms with Crippen molar-refractivity contribution in [2.75, 3.05) is 10.6 Å². The maximum Gasteiger partial charge on any atom is 0.163 e. The number of halogens is 2. The first-order valence-corrected chi connectivity index (χ1v) is 9.57. The van der Waals surface area contributed by atoms with Gasteiger partial charge in [0.15, 0.2) is 5.78 Å². The van der Waals surface area contributed by atoms with Gasteiger partial charge in [-0.3, -0.25) is 4.79 Å². The second-order valence-electron chi connectivity index (χ2n) is 7.94. The molecule has 2 aliphatic rings. The number of para-hydroxylation sites is 1. The van der Waals surface area contributed by atoms with Gasteiger partial charge in [-0.05, 0) is 47.7 Å². The highest BCUT2D eigenvalue weighted by Crippen LogP contribution is 2.47. The largest absolute Gasteiger partial charge is 0.506 e. The molecule has 4 nitrogen and oxygen atoms in total. The number of phenols is 1. The Morgan fingerprint density at radius 2 is 1.81 bits per heavy atom. The van der Waals surface area contributed by atoms with Crippen LogP contribution in [0, 0.1) is 5.41 Å². The number of hydrogen-bond donors (Lipinski definition) is 3. The zero-order chi connectivity index (χ0) is 19.3. The normalized spacial score (nSPS) is 20.9. The predicted molar refractivity (Wildman–Crippen MR) is 110 cm³/mol. The lowest BCUT2D eigenvalue weighted by Gasteiger charge is -2.34. The van der Waals surface area contributed by atoms with E-state index in [9.17, 15) is 9.90 Å². The number of carbonyl (C=O) groups excluding carboxylic acids is 1. The van der Waals surface area contributed by atoms with Crippen molar-refractivity contribution in [1.29, 1.82) is 0 Å². The lowest BCUT2D eigenvalue weighted by molar-refractivity contribution is -0.118. The number of Topliss-reactive ketones (excluding diaryl/α,β-unsaturated/α-hetero) is 1. The van der Waals surface area contributed by atoms with Gasteiger partial charge in [-0.1, -0.05) is 43.1 Å². The van der Waals surface area contributed by atoms with Crippen molar-refractivity contribution < 1.29 is 9.90 Å². The summed E-state index contributed by atoms with van der Waals surface area (Å²) in [6.07, 6.45) is 1.16. The fraction of sp³-hybridized carbons (Fsp3) is 0.286. The highest BCUT2D eigenvalue weighted by Gasteiger charge is 2.39. The first-order valence-electron chi connectivity index (χ1n) is 8.81. The smallest absolute Gasteiger partial charge is 0.163 e. The average Bonchev–Trinajstić information content (AvgIpc) is 2.70. The van der Waals surface area contributed by atoms with Crippen LogP contribution in [0.5, 0.6) is 5.75 Å². The molecule has 3 N–H and O–H groups in total. The molecule has 27 heavy (non-hydrogen) atoms. The van der Waals surface area contributed by atoms with Gasteiger partial charge >= 0.3 is 0 Å². The Balaban J connectivity index is 1.93. The Morgan fingerprint density at radius 1 is 1.11 bits per heavy atom. The van der Waals surface area contributed by atoms with Gasteiger partial charge in [0.2, 0.25) is 0 Å². The zero-order valence-electron chi connectivity index (χ0n) is 15.1. The van der Waals surface area contributed by atoms with Crippen molar-refractivity contribution in [3.63, 3.8) is 0 Å². The minimum Gasteiger partial charge on any atom is -0.506 e. The van der Waals surface area contributed by atoms with Gasteiger partial charge in [0.05, 0.1) is 11.7 Å². The topological polar surface area (TPSA) is 61.4 Å². The zero-order valence-corrected chi connectivity index (χ0v) is 16.6. The van der Waals surface area contributed by atoms with Crippen LogP contribution in [0.3, 0.4) is 0 Å². The fourth-order valence-corrected chi connectivity index (χ4v) is 4.49. The van der Waals surface area contributed by atoms with Gasteiger partial charge in [-0.25, -0.2) is 0 Å². The monoisotopic (exact) mass is 402 g/mol. The summed E-state index contributed by atoms with van der Waals surface area (Å²) < 4.78 is 0. The van der Waals surface area contributed by atoms with Crippen molar-refractivity contribution in [3.8, 4) is 5.75 Å². The van der Waals surface area contributed by atoms with Crippen molar-refractivity contribution in [3.05, 3.63) is 63.3 Å². The summed E-state index contributed by atoms with van der Waals surface area (Å²) in [5.41, 5.74) is 3.44. The van der Waals surface area contributed by atoms with Crippen molar-refractivity contribution in [1.82, 2.24) is 0 Å². The number of allylic oxidation sites excluding steroid dienone is 1. The maximum absolute atomic E-state index is 13.1. The molecule has 1 atom stereocenters. The second-order valence-corrected chi connectivity index (χ2v) is 8.81. The molecule has 2 aromatic rings. The molecule has 0 saturated carbocycles. The molecule has 0 amide bonds. The van der Waals surface area contributed by atoms with Crippen molar-refractivity contribution in [2.45, 2.75) is 32.7 Å². The molecule has 1 aliphatic heterocycles. The van der Waals surface area contributed by atoms with Crippen molar-refractivity contribution in [2.24, 2.45) is 5.41 Å². The number of phenolic OH excluding ortho intramolecular Hbond substituents is 1. The molecular weight excluding hydrogens is 383 g/mol. The first-order chi connectivity index (χ1) is 12.7. The third-order valence-corrected chi connectivity index (χ3v) is 5.48. The SMILES string of the molecule is CC1(C)CC(=O)C2=C(C1)Nc1c(O)cccc1NC2c1cc(Cl)cc(Cl)c1. The minimum atomic E-state index is -0.407. The summed E-state index contributed by atoms with van der Waals surface area (Å²) in [6, 6.07) is 10.2. The second kappa shape index (κ2) is 6.47. The number of anilines is 2. The number of aromatic hydroxyl groups is 1. The highest BCUT2D eigenvalue weighted by atomic mass is 35.5. The van der Waals surface area contributed by atoms with Crippen LogP contribution < -0.4 is 10.6 Å². The molecule has 0 radical (unpaired) electrons. The van der Waals surface area contributed by atoms with Crippen LogP contribution in [-0.2, 0) is 4.79 Å². The van der Waals surface area contributed by atoms with E-state index in [1.165, 1.54) is 0 Å². The molecule has 6 heteroatoms. The molecule has 0 bridgehead atoms. The van der Waals surface area contributed by atoms with Gasteiger partial charge in [-0.15, -0.1) is 0 Å². The number of fused-ring (bicyclic) bond motifs is 1. The molecular formula is C21H20Cl2N2O2. The number of hydrogen-bond acceptors (Lipinski definition) is 4. The molecule has 0 saturated heterocycles. The summed E-state index contributed by atoms with van der Waals surface area (Å²) in [6.45, 7) is 4.15. The van der Waals surface area contributed by atoms with Crippen molar-refractivity contribution >= 4 is 40.4 Å². The van der Waals surface area contributed by atoms with Gasteiger partial charge in [0, 0.05) is 27.7 Å². The summed E-state index contributed by atoms with van der Waals surface area (Å²) in [5, 5.41) is 18.1. The van der Waals surface area contributed by atoms with E-state index in [4.69, 9.17) is 23.2 Å². The number of carbonyl (C=O) groups is 1. The van der Waals surface area contributed by atoms with Crippen LogP contribution in [-0.4, -0.2) is 10.9 Å². The van der Waals surface area contributed by atoms with Crippen LogP contribution in [0.2, 0.25) is 10.0 Å². The number of ketones is 1. The highest BCUT2D eigenvalue weighted by molar-refractivity contribution is 6.34. The van der Waals surface area contributed by atoms with Crippen LogP contribution in [0.25, 0.3) is 0 Å². The van der Waals surface area contributed by atoms with E-state index in [1.807, 2.05) is 18.2 Å². The lowest BCUT2D eigenvalue weighted by Crippen LogP contribution is -2.31. The lowest BCUT2D eigenvalue weighted by atomic mass is 9.73. The number of benzene rings is 2. The van der Waals surface area contributed by atoms with E-state index < -0.39 is 6.04 Å². The Morgan fingerprint density at radius 3 is 2.52 bits per heavy atom. The molecule has 140 valence electrons. The molecule has 0 spiro atoms. The molecule has 1 aliphatic carbocycles. The molecule has 0 fully saturated rings. The Kier molecular flexibility index (Phi) is 4.36. The summed E-state index contributed by atoms with van der Waals surface area (Å²) >= 11 is 12.4. The van der Waals surface area contributed by atoms with Crippen LogP contribution in [0.1, 0.15) is 38.3 Å². The maximum atomic E-state index is 13.1. The predicted octanol–water partition coefficient (Wildman–Crippen LogP) is 5.92. The summed E-state index contributed by atoms with van der Waals surface area (Å²) in [5.74, 6) is 0.210. The molecule has 0 aromatic heterocycles. The Hall–Kier alpha value is -2.17. The third kappa shape index (κ3) is 3.40. The fourth-order valence-electron chi connectivity index (χ4n) is 3.94. The average molecular weight is 403 g/mol. The van der Waals surface area contributed by atoms with E-state index in [0.29, 0.717) is 34.1 Å². The van der Waals surface area contributed by atoms with Crippen LogP contribution in [0.15, 0.2) is 47.7 Å². The molecule has 1 unspecified atom stereocenters. The summed E-state index contributed by atoms with van der Waals surface area (Å²) in [4.78, 5) is 13.1. The van der Waals surface area contributed by atoms with E-state index >= 15 is 0 Å². The van der Waals surface area contributed by atoms with Crippen LogP contribution in [0.4, 0.5) is 11.4 Å². The summed E-state index contributed by atoms with van der Waals surface area (Å²) in [7, 11) is 0. The Labute approximate surface area is 168 Å². The minimum absolute atomic E-state index is 0.0784. The third-order valence-electron chi connectivity index (χ3n) is 5.05. The molecule has 2 aromatic carbocycles. The molecule has 1 heterocycles. The first kappa shape index (κ1) is 18.2. The van der Waals surface area contributed by atoms with E-state index in [1.54, 1.807) is 18.2 Å². The quantitative estimate of drug-likeness (QED) is 0.517. The number of rotatable bonds is 1. The number of nitrogens with one attached hydrogen (secondary N) is 2. The van der Waals surface area contributed by atoms with Gasteiger partial charge < -0.3 is 15.7 Å². The Bertz CT molecular complexity index is 962. The van der Waals surface area contributed by atoms with Gasteiger partial charge in [0.1, 0.15) is 11.4 Å². The van der Waals surface area contributed by atoms with E-state index in [0.717, 1.165) is 16.9 Å². The van der Waals surface area contributed by atoms with E-state index in [-0.39, 0.29) is 16.9 Å². The van der Waals surface area contributed by atoms with Gasteiger partial charge in [0.25, 0.3) is 0 Å². The van der Waals surface area contributed by atoms with Crippen LogP contribution >= 0.6 is 23.2 Å². The van der Waals surface area contributed by atoms with Gasteiger partial charge in [-0.2, -0.15) is 0 Å².